The first kappa shape index (κ1) is 18.7. The maximum atomic E-state index is 13.2. The largest absolute Gasteiger partial charge is 0.489 e. The van der Waals surface area contributed by atoms with Gasteiger partial charge in [-0.1, -0.05) is 41.0 Å². The van der Waals surface area contributed by atoms with Crippen LogP contribution in [0.25, 0.3) is 0 Å². The quantitative estimate of drug-likeness (QED) is 0.603. The number of benzene rings is 2. The monoisotopic (exact) mass is 364 g/mol. The summed E-state index contributed by atoms with van der Waals surface area (Å²) in [7, 11) is 1.37. The molecule has 0 saturated carbocycles. The number of hydrogen-bond donors (Lipinski definition) is 1. The minimum Gasteiger partial charge on any atom is -0.489 e. The maximum Gasteiger partial charge on any atom is 0.273 e. The fourth-order valence-electron chi connectivity index (χ4n) is 2.15. The fraction of sp³-hybridized carbons (Fsp3) is 0.222. The topological polar surface area (TPSA) is 59.9 Å². The van der Waals surface area contributed by atoms with Crippen LogP contribution in [0.3, 0.4) is 0 Å². The van der Waals surface area contributed by atoms with Gasteiger partial charge in [-0.05, 0) is 24.6 Å². The van der Waals surface area contributed by atoms with Crippen molar-refractivity contribution < 1.29 is 18.8 Å². The number of ether oxygens (including phenoxy) is 1. The summed E-state index contributed by atoms with van der Waals surface area (Å²) < 4.78 is 18.9. The standard InChI is InChI=1S/C18H18ClFN2O3/c1-3-21-18(23)17(22-24-2)14-7-5-4-6-12(14)11-25-13-8-9-16(20)15(19)10-13/h4-10H,3,11H2,1-2H3,(H,21,23). The Kier molecular flexibility index (Phi) is 6.77. The van der Waals surface area contributed by atoms with Crippen LogP contribution in [0, 0.1) is 5.82 Å². The van der Waals surface area contributed by atoms with Gasteiger partial charge in [0.1, 0.15) is 25.3 Å². The number of halogens is 2. The number of carbonyl (C=O) groups is 1. The Balaban J connectivity index is 2.25. The predicted octanol–water partition coefficient (Wildman–Crippen LogP) is 3.54. The number of nitrogens with one attached hydrogen (secondary N) is 1. The second-order valence-electron chi connectivity index (χ2n) is 5.00. The Hall–Kier alpha value is -2.60. The zero-order valence-corrected chi connectivity index (χ0v) is 14.6. The van der Waals surface area contributed by atoms with Crippen molar-refractivity contribution in [2.24, 2.45) is 5.16 Å². The van der Waals surface area contributed by atoms with Crippen LogP contribution in [-0.4, -0.2) is 25.3 Å². The van der Waals surface area contributed by atoms with Crippen molar-refractivity contribution in [1.82, 2.24) is 5.32 Å². The van der Waals surface area contributed by atoms with Crippen LogP contribution in [0.15, 0.2) is 47.6 Å². The second kappa shape index (κ2) is 9.03. The summed E-state index contributed by atoms with van der Waals surface area (Å²) in [4.78, 5) is 17.0. The highest BCUT2D eigenvalue weighted by molar-refractivity contribution is 6.45. The molecule has 25 heavy (non-hydrogen) atoms. The molecule has 0 radical (unpaired) electrons. The molecular formula is C18H18ClFN2O3. The summed E-state index contributed by atoms with van der Waals surface area (Å²) >= 11 is 5.75. The number of oxime groups is 1. The summed E-state index contributed by atoms with van der Waals surface area (Å²) in [6.45, 7) is 2.43. The lowest BCUT2D eigenvalue weighted by Crippen LogP contribution is -2.32. The molecule has 0 unspecified atom stereocenters. The Labute approximate surface area is 150 Å². The average molecular weight is 365 g/mol. The molecule has 7 heteroatoms. The van der Waals surface area contributed by atoms with Gasteiger partial charge in [0.25, 0.3) is 5.91 Å². The zero-order valence-electron chi connectivity index (χ0n) is 13.9. The summed E-state index contributed by atoms with van der Waals surface area (Å²) in [5.74, 6) is -0.439. The molecule has 0 atom stereocenters. The molecule has 0 aliphatic heterocycles. The SMILES string of the molecule is CCNC(=O)C(=NOC)c1ccccc1COc1ccc(F)c(Cl)c1. The maximum absolute atomic E-state index is 13.2. The molecule has 0 spiro atoms. The number of rotatable bonds is 7. The van der Waals surface area contributed by atoms with Crippen molar-refractivity contribution in [2.75, 3.05) is 13.7 Å². The van der Waals surface area contributed by atoms with E-state index in [-0.39, 0.29) is 23.2 Å². The number of carbonyl (C=O) groups excluding carboxylic acids is 1. The summed E-state index contributed by atoms with van der Waals surface area (Å²) in [6, 6.07) is 11.3. The van der Waals surface area contributed by atoms with Gasteiger partial charge < -0.3 is 14.9 Å². The van der Waals surface area contributed by atoms with E-state index in [2.05, 4.69) is 10.5 Å². The number of amides is 1. The average Bonchev–Trinajstić information content (AvgIpc) is 2.61. The third kappa shape index (κ3) is 4.93. The Bertz CT molecular complexity index is 781. The smallest absolute Gasteiger partial charge is 0.273 e. The summed E-state index contributed by atoms with van der Waals surface area (Å²) in [5.41, 5.74) is 1.47. The third-order valence-corrected chi connectivity index (χ3v) is 3.58. The fourth-order valence-corrected chi connectivity index (χ4v) is 2.32. The first-order chi connectivity index (χ1) is 12.1. The molecule has 0 aliphatic rings. The highest BCUT2D eigenvalue weighted by atomic mass is 35.5. The van der Waals surface area contributed by atoms with Crippen molar-refractivity contribution in [2.45, 2.75) is 13.5 Å². The van der Waals surface area contributed by atoms with Gasteiger partial charge in [0.2, 0.25) is 0 Å². The van der Waals surface area contributed by atoms with Gasteiger partial charge in [0.15, 0.2) is 5.71 Å². The van der Waals surface area contributed by atoms with Crippen molar-refractivity contribution in [3.63, 3.8) is 0 Å². The molecular weight excluding hydrogens is 347 g/mol. The van der Waals surface area contributed by atoms with Gasteiger partial charge in [0.05, 0.1) is 5.02 Å². The molecule has 1 N–H and O–H groups in total. The van der Waals surface area contributed by atoms with E-state index >= 15 is 0 Å². The van der Waals surface area contributed by atoms with E-state index in [9.17, 15) is 9.18 Å². The van der Waals surface area contributed by atoms with Crippen LogP contribution in [0.1, 0.15) is 18.1 Å². The first-order valence-corrected chi connectivity index (χ1v) is 8.00. The molecule has 132 valence electrons. The van der Waals surface area contributed by atoms with E-state index in [0.717, 1.165) is 5.56 Å². The van der Waals surface area contributed by atoms with Gasteiger partial charge in [-0.15, -0.1) is 0 Å². The van der Waals surface area contributed by atoms with E-state index in [1.54, 1.807) is 12.1 Å². The molecule has 5 nitrogen and oxygen atoms in total. The molecule has 0 aromatic heterocycles. The number of nitrogens with zero attached hydrogens (tertiary/aromatic N) is 1. The van der Waals surface area contributed by atoms with Crippen LogP contribution in [0.5, 0.6) is 5.75 Å². The van der Waals surface area contributed by atoms with Crippen LogP contribution >= 0.6 is 11.6 Å². The minimum atomic E-state index is -0.514. The van der Waals surface area contributed by atoms with E-state index < -0.39 is 5.82 Å². The van der Waals surface area contributed by atoms with Gasteiger partial charge in [0, 0.05) is 18.2 Å². The van der Waals surface area contributed by atoms with Crippen molar-refractivity contribution in [3.8, 4) is 5.75 Å². The highest BCUT2D eigenvalue weighted by Gasteiger charge is 2.18. The molecule has 1 amide bonds. The van der Waals surface area contributed by atoms with Gasteiger partial charge in [-0.3, -0.25) is 4.79 Å². The van der Waals surface area contributed by atoms with Crippen molar-refractivity contribution in [3.05, 3.63) is 64.4 Å². The van der Waals surface area contributed by atoms with Crippen LogP contribution in [0.4, 0.5) is 4.39 Å². The van der Waals surface area contributed by atoms with Gasteiger partial charge >= 0.3 is 0 Å². The van der Waals surface area contributed by atoms with Crippen LogP contribution in [-0.2, 0) is 16.2 Å². The Morgan fingerprint density at radius 1 is 1.28 bits per heavy atom. The summed E-state index contributed by atoms with van der Waals surface area (Å²) in [5, 5.41) is 6.51. The van der Waals surface area contributed by atoms with E-state index in [1.165, 1.54) is 25.3 Å². The molecule has 2 aromatic rings. The lowest BCUT2D eigenvalue weighted by atomic mass is 10.0. The van der Waals surface area contributed by atoms with E-state index in [1.807, 2.05) is 19.1 Å². The second-order valence-corrected chi connectivity index (χ2v) is 5.41. The lowest BCUT2D eigenvalue weighted by molar-refractivity contribution is -0.114. The summed E-state index contributed by atoms with van der Waals surface area (Å²) in [6.07, 6.45) is 0. The van der Waals surface area contributed by atoms with E-state index in [4.69, 9.17) is 21.2 Å². The predicted molar refractivity (Wildman–Crippen MR) is 94.4 cm³/mol. The normalized spacial score (nSPS) is 11.1. The number of hydrogen-bond acceptors (Lipinski definition) is 4. The Morgan fingerprint density at radius 2 is 2.04 bits per heavy atom. The Morgan fingerprint density at radius 3 is 2.72 bits per heavy atom. The molecule has 0 bridgehead atoms. The molecule has 0 heterocycles. The molecule has 0 saturated heterocycles. The zero-order chi connectivity index (χ0) is 18.2. The highest BCUT2D eigenvalue weighted by Crippen LogP contribution is 2.22. The first-order valence-electron chi connectivity index (χ1n) is 7.62. The van der Waals surface area contributed by atoms with Crippen molar-refractivity contribution >= 4 is 23.2 Å². The van der Waals surface area contributed by atoms with Crippen LogP contribution < -0.4 is 10.1 Å². The number of likely N-dealkylation sites (N-methyl/N-ethyl adjacent to an activating group) is 1. The molecule has 2 aromatic carbocycles. The van der Waals surface area contributed by atoms with Gasteiger partial charge in [-0.25, -0.2) is 4.39 Å². The molecule has 0 aliphatic carbocycles. The van der Waals surface area contributed by atoms with E-state index in [0.29, 0.717) is 17.9 Å². The van der Waals surface area contributed by atoms with Gasteiger partial charge in [-0.2, -0.15) is 0 Å². The third-order valence-electron chi connectivity index (χ3n) is 3.29. The lowest BCUT2D eigenvalue weighted by Gasteiger charge is -2.12. The molecule has 0 fully saturated rings. The van der Waals surface area contributed by atoms with Crippen LogP contribution in [0.2, 0.25) is 5.02 Å². The minimum absolute atomic E-state index is 0.0188. The molecule has 2 rings (SSSR count). The van der Waals surface area contributed by atoms with Crippen molar-refractivity contribution in [1.29, 1.82) is 0 Å².